The van der Waals surface area contributed by atoms with E-state index in [9.17, 15) is 22.8 Å². The molecule has 1 aliphatic heterocycles. The van der Waals surface area contributed by atoms with Crippen LogP contribution in [0.2, 0.25) is 0 Å². The lowest BCUT2D eigenvalue weighted by atomic mass is 10.1. The van der Waals surface area contributed by atoms with Gasteiger partial charge in [0.05, 0.1) is 17.8 Å². The third-order valence-electron chi connectivity index (χ3n) is 4.55. The van der Waals surface area contributed by atoms with Crippen LogP contribution in [-0.2, 0) is 11.0 Å². The van der Waals surface area contributed by atoms with Gasteiger partial charge in [-0.25, -0.2) is 4.79 Å². The van der Waals surface area contributed by atoms with Crippen molar-refractivity contribution in [1.29, 1.82) is 0 Å². The van der Waals surface area contributed by atoms with Gasteiger partial charge in [0.2, 0.25) is 5.91 Å². The number of carbonyl (C=O) groups is 2. The SMILES string of the molecule is O=C(NCC#Cc1ccc(N2CCCCC2=O)cc1)Nc1ccccc1C(F)(F)F. The first-order valence-corrected chi connectivity index (χ1v) is 9.45. The van der Waals surface area contributed by atoms with E-state index in [0.29, 0.717) is 18.5 Å². The lowest BCUT2D eigenvalue weighted by molar-refractivity contribution is -0.136. The topological polar surface area (TPSA) is 61.4 Å². The summed E-state index contributed by atoms with van der Waals surface area (Å²) in [4.78, 5) is 25.6. The molecule has 2 aromatic rings. The van der Waals surface area contributed by atoms with Crippen LogP contribution in [0.5, 0.6) is 0 Å². The summed E-state index contributed by atoms with van der Waals surface area (Å²) < 4.78 is 38.8. The summed E-state index contributed by atoms with van der Waals surface area (Å²) in [6.07, 6.45) is -2.10. The van der Waals surface area contributed by atoms with Crippen LogP contribution in [0.3, 0.4) is 0 Å². The Labute approximate surface area is 172 Å². The number of anilines is 2. The molecule has 3 rings (SSSR count). The minimum absolute atomic E-state index is 0.0353. The van der Waals surface area contributed by atoms with E-state index >= 15 is 0 Å². The Kier molecular flexibility index (Phi) is 6.62. The second-order valence-electron chi connectivity index (χ2n) is 6.70. The molecule has 2 aromatic carbocycles. The van der Waals surface area contributed by atoms with Gasteiger partial charge in [0.15, 0.2) is 0 Å². The number of amides is 3. The molecule has 8 heteroatoms. The summed E-state index contributed by atoms with van der Waals surface area (Å²) in [5, 5.41) is 4.59. The van der Waals surface area contributed by atoms with Gasteiger partial charge in [-0.15, -0.1) is 0 Å². The van der Waals surface area contributed by atoms with Crippen molar-refractivity contribution in [3.05, 3.63) is 59.7 Å². The third kappa shape index (κ3) is 5.54. The van der Waals surface area contributed by atoms with Crippen LogP contribution in [0, 0.1) is 11.8 Å². The van der Waals surface area contributed by atoms with Crippen molar-refractivity contribution in [2.24, 2.45) is 0 Å². The van der Waals surface area contributed by atoms with Gasteiger partial charge in [-0.3, -0.25) is 4.79 Å². The molecule has 2 N–H and O–H groups in total. The predicted molar refractivity (Wildman–Crippen MR) is 108 cm³/mol. The van der Waals surface area contributed by atoms with Crippen molar-refractivity contribution in [2.75, 3.05) is 23.3 Å². The normalized spacial score (nSPS) is 14.0. The first-order valence-electron chi connectivity index (χ1n) is 9.45. The Hall–Kier alpha value is -3.47. The molecule has 30 heavy (non-hydrogen) atoms. The summed E-state index contributed by atoms with van der Waals surface area (Å²) >= 11 is 0. The Bertz CT molecular complexity index is 976. The van der Waals surface area contributed by atoms with Gasteiger partial charge in [-0.05, 0) is 49.2 Å². The molecule has 0 saturated carbocycles. The Morgan fingerprint density at radius 3 is 2.50 bits per heavy atom. The molecule has 1 saturated heterocycles. The molecule has 0 atom stereocenters. The van der Waals surface area contributed by atoms with Crippen molar-refractivity contribution in [3.8, 4) is 11.8 Å². The van der Waals surface area contributed by atoms with E-state index in [-0.39, 0.29) is 18.1 Å². The van der Waals surface area contributed by atoms with Crippen molar-refractivity contribution < 1.29 is 22.8 Å². The monoisotopic (exact) mass is 415 g/mol. The van der Waals surface area contributed by atoms with Crippen molar-refractivity contribution in [2.45, 2.75) is 25.4 Å². The van der Waals surface area contributed by atoms with Gasteiger partial charge >= 0.3 is 12.2 Å². The first kappa shape index (κ1) is 21.2. The molecule has 0 unspecified atom stereocenters. The zero-order valence-electron chi connectivity index (χ0n) is 16.1. The number of alkyl halides is 3. The number of halogens is 3. The van der Waals surface area contributed by atoms with Crippen molar-refractivity contribution in [3.63, 3.8) is 0 Å². The molecule has 0 aliphatic carbocycles. The second kappa shape index (κ2) is 9.35. The highest BCUT2D eigenvalue weighted by Crippen LogP contribution is 2.34. The molecular weight excluding hydrogens is 395 g/mol. The van der Waals surface area contributed by atoms with Crippen LogP contribution in [-0.4, -0.2) is 25.0 Å². The number of urea groups is 1. The van der Waals surface area contributed by atoms with E-state index in [1.807, 2.05) is 12.1 Å². The van der Waals surface area contributed by atoms with Crippen LogP contribution in [0.15, 0.2) is 48.5 Å². The summed E-state index contributed by atoms with van der Waals surface area (Å²) in [7, 11) is 0. The lowest BCUT2D eigenvalue weighted by Crippen LogP contribution is -2.35. The molecule has 0 aromatic heterocycles. The fraction of sp³-hybridized carbons (Fsp3) is 0.273. The van der Waals surface area contributed by atoms with Gasteiger partial charge in [0, 0.05) is 24.2 Å². The summed E-state index contributed by atoms with van der Waals surface area (Å²) in [5.74, 6) is 5.72. The fourth-order valence-electron chi connectivity index (χ4n) is 3.08. The largest absolute Gasteiger partial charge is 0.418 e. The van der Waals surface area contributed by atoms with Gasteiger partial charge in [0.25, 0.3) is 0 Å². The van der Waals surface area contributed by atoms with Crippen molar-refractivity contribution >= 4 is 23.3 Å². The smallest absolute Gasteiger partial charge is 0.327 e. The lowest BCUT2D eigenvalue weighted by Gasteiger charge is -2.26. The van der Waals surface area contributed by atoms with E-state index in [1.54, 1.807) is 17.0 Å². The highest BCUT2D eigenvalue weighted by molar-refractivity contribution is 5.94. The number of carbonyl (C=O) groups excluding carboxylic acids is 2. The van der Waals surface area contributed by atoms with E-state index in [2.05, 4.69) is 22.5 Å². The Balaban J connectivity index is 1.53. The minimum atomic E-state index is -4.56. The van der Waals surface area contributed by atoms with E-state index in [0.717, 1.165) is 24.6 Å². The maximum absolute atomic E-state index is 12.9. The highest BCUT2D eigenvalue weighted by Gasteiger charge is 2.33. The molecule has 5 nitrogen and oxygen atoms in total. The van der Waals surface area contributed by atoms with Crippen LogP contribution in [0.4, 0.5) is 29.3 Å². The highest BCUT2D eigenvalue weighted by atomic mass is 19.4. The number of nitrogens with one attached hydrogen (secondary N) is 2. The minimum Gasteiger partial charge on any atom is -0.327 e. The van der Waals surface area contributed by atoms with Gasteiger partial charge in [0.1, 0.15) is 0 Å². The number of nitrogens with zero attached hydrogens (tertiary/aromatic N) is 1. The van der Waals surface area contributed by atoms with Crippen LogP contribution >= 0.6 is 0 Å². The molecule has 1 fully saturated rings. The molecule has 3 amide bonds. The van der Waals surface area contributed by atoms with Crippen LogP contribution < -0.4 is 15.5 Å². The zero-order chi connectivity index (χ0) is 21.6. The number of hydrogen-bond acceptors (Lipinski definition) is 2. The predicted octanol–water partition coefficient (Wildman–Crippen LogP) is 4.40. The number of hydrogen-bond donors (Lipinski definition) is 2. The number of rotatable bonds is 3. The maximum atomic E-state index is 12.9. The number of para-hydroxylation sites is 1. The summed E-state index contributed by atoms with van der Waals surface area (Å²) in [6, 6.07) is 11.2. The van der Waals surface area contributed by atoms with Gasteiger partial charge in [-0.1, -0.05) is 24.0 Å². The molecule has 1 aliphatic rings. The molecular formula is C22H20F3N3O2. The van der Waals surface area contributed by atoms with Gasteiger partial charge < -0.3 is 15.5 Å². The van der Waals surface area contributed by atoms with E-state index in [1.165, 1.54) is 18.2 Å². The Morgan fingerprint density at radius 1 is 1.07 bits per heavy atom. The first-order chi connectivity index (χ1) is 14.3. The molecule has 1 heterocycles. The van der Waals surface area contributed by atoms with E-state index in [4.69, 9.17) is 0 Å². The van der Waals surface area contributed by atoms with Gasteiger partial charge in [-0.2, -0.15) is 13.2 Å². The quantitative estimate of drug-likeness (QED) is 0.731. The average Bonchev–Trinajstić information content (AvgIpc) is 2.72. The van der Waals surface area contributed by atoms with Crippen LogP contribution in [0.25, 0.3) is 0 Å². The zero-order valence-corrected chi connectivity index (χ0v) is 16.1. The number of benzene rings is 2. The van der Waals surface area contributed by atoms with E-state index < -0.39 is 17.8 Å². The standard InChI is InChI=1S/C22H20F3N3O2/c23-22(24,25)18-7-1-2-8-19(18)27-21(30)26-14-5-6-16-10-12-17(13-11-16)28-15-4-3-9-20(28)29/h1-2,7-8,10-13H,3-4,9,14-15H2,(H2,26,27,30). The third-order valence-corrected chi connectivity index (χ3v) is 4.55. The van der Waals surface area contributed by atoms with Crippen LogP contribution in [0.1, 0.15) is 30.4 Å². The molecule has 0 spiro atoms. The summed E-state index contributed by atoms with van der Waals surface area (Å²) in [5.41, 5.74) is 0.288. The number of piperidine rings is 1. The molecule has 0 bridgehead atoms. The fourth-order valence-corrected chi connectivity index (χ4v) is 3.08. The summed E-state index contributed by atoms with van der Waals surface area (Å²) in [6.45, 7) is 0.673. The second-order valence-corrected chi connectivity index (χ2v) is 6.70. The maximum Gasteiger partial charge on any atom is 0.418 e. The molecule has 0 radical (unpaired) electrons. The molecule has 156 valence electrons. The Morgan fingerprint density at radius 2 is 1.80 bits per heavy atom. The average molecular weight is 415 g/mol. The van der Waals surface area contributed by atoms with Crippen molar-refractivity contribution in [1.82, 2.24) is 5.32 Å².